The number of hydrogen-bond acceptors (Lipinski definition) is 4. The van der Waals surface area contributed by atoms with E-state index in [1.807, 2.05) is 127 Å². The maximum atomic E-state index is 6.32. The van der Waals surface area contributed by atoms with Crippen molar-refractivity contribution in [2.45, 2.75) is 5.97 Å². The topological polar surface area (TPSA) is 75.5 Å². The zero-order valence-corrected chi connectivity index (χ0v) is 30.0. The van der Waals surface area contributed by atoms with Gasteiger partial charge in [-0.05, 0) is 127 Å². The zero-order chi connectivity index (χ0) is 29.0. The molecule has 13 nitrogen and oxygen atoms in total. The quantitative estimate of drug-likeness (QED) is 0.298. The average Bonchev–Trinajstić information content (AvgIpc) is 2.71. The Morgan fingerprint density at radius 3 is 0.611 bits per heavy atom. The molecule has 0 aromatic carbocycles. The number of hydrogen-bond donors (Lipinski definition) is 0. The van der Waals surface area contributed by atoms with E-state index in [0.717, 1.165) is 0 Å². The predicted octanol–water partition coefficient (Wildman–Crippen LogP) is 3.30. The van der Waals surface area contributed by atoms with Gasteiger partial charge in [0.1, 0.15) is 0 Å². The molecule has 1 unspecified atom stereocenters. The van der Waals surface area contributed by atoms with E-state index in [9.17, 15) is 0 Å². The first-order chi connectivity index (χ1) is 16.2. The van der Waals surface area contributed by atoms with Crippen LogP contribution in [0.3, 0.4) is 0 Å². The van der Waals surface area contributed by atoms with Crippen molar-refractivity contribution in [2.75, 3.05) is 127 Å². The van der Waals surface area contributed by atoms with E-state index in [2.05, 4.69) is 51.5 Å². The van der Waals surface area contributed by atoms with Crippen molar-refractivity contribution in [3.63, 3.8) is 0 Å². The highest BCUT2D eigenvalue weighted by atomic mass is 31.2. The molecule has 0 amide bonds. The number of rotatable bonds is 13. The van der Waals surface area contributed by atoms with Gasteiger partial charge in [-0.3, -0.25) is 46.6 Å². The molecule has 36 heavy (non-hydrogen) atoms. The van der Waals surface area contributed by atoms with Crippen molar-refractivity contribution in [3.05, 3.63) is 0 Å². The highest BCUT2D eigenvalue weighted by Gasteiger charge is 2.45. The Balaban J connectivity index is 8.72. The zero-order valence-electron chi connectivity index (χ0n) is 26.2. The molecule has 0 rings (SSSR count). The van der Waals surface area contributed by atoms with Gasteiger partial charge >= 0.3 is 5.97 Å². The molecule has 17 heteroatoms. The van der Waals surface area contributed by atoms with Crippen LogP contribution in [-0.4, -0.2) is 175 Å². The van der Waals surface area contributed by atoms with Crippen LogP contribution >= 0.6 is 32.0 Å². The highest BCUT2D eigenvalue weighted by molar-refractivity contribution is 7.60. The maximum Gasteiger partial charge on any atom is 0.372 e. The van der Waals surface area contributed by atoms with Gasteiger partial charge in [-0.1, -0.05) is 0 Å². The van der Waals surface area contributed by atoms with E-state index in [1.54, 1.807) is 0 Å². The Morgan fingerprint density at radius 2 is 0.528 bits per heavy atom. The van der Waals surface area contributed by atoms with Crippen molar-refractivity contribution in [2.24, 2.45) is 14.2 Å². The van der Waals surface area contributed by atoms with E-state index in [-0.39, 0.29) is 0 Å². The summed E-state index contributed by atoms with van der Waals surface area (Å²) in [6, 6.07) is 0. The molecule has 0 aliphatic carbocycles. The molecular weight excluding hydrogens is 536 g/mol. The first-order valence-corrected chi connectivity index (χ1v) is 16.8. The van der Waals surface area contributed by atoms with Gasteiger partial charge in [0.05, 0.1) is 0 Å². The largest absolute Gasteiger partial charge is 0.372 e. The lowest BCUT2D eigenvalue weighted by Gasteiger charge is -2.47. The van der Waals surface area contributed by atoms with Crippen LogP contribution in [0.25, 0.3) is 0 Å². The fourth-order valence-electron chi connectivity index (χ4n) is 4.68. The fourth-order valence-corrected chi connectivity index (χ4v) is 14.8. The van der Waals surface area contributed by atoms with Crippen LogP contribution in [0.2, 0.25) is 0 Å². The van der Waals surface area contributed by atoms with E-state index >= 15 is 0 Å². The van der Waals surface area contributed by atoms with Gasteiger partial charge < -0.3 is 0 Å². The third-order valence-electron chi connectivity index (χ3n) is 5.78. The van der Waals surface area contributed by atoms with E-state index in [0.29, 0.717) is 0 Å². The lowest BCUT2D eigenvalue weighted by atomic mass is 10.9. The molecule has 0 aromatic heterocycles. The van der Waals surface area contributed by atoms with Crippen molar-refractivity contribution >= 4 is 32.0 Å². The van der Waals surface area contributed by atoms with Crippen molar-refractivity contribution in [3.8, 4) is 0 Å². The van der Waals surface area contributed by atoms with Gasteiger partial charge in [0.15, 0.2) is 22.5 Å². The molecule has 0 radical (unpaired) electrons. The molecule has 0 aliphatic rings. The molecular formula is C19H56N12OP4. The second kappa shape index (κ2) is 13.9. The maximum absolute atomic E-state index is 6.32. The average molecular weight is 593 g/mol. The second-order valence-electron chi connectivity index (χ2n) is 10.2. The minimum atomic E-state index is -2.48. The molecule has 0 aromatic rings. The van der Waals surface area contributed by atoms with Gasteiger partial charge in [0, 0.05) is 9.47 Å². The second-order valence-corrected chi connectivity index (χ2v) is 21.5. The van der Waals surface area contributed by atoms with Crippen LogP contribution in [0.4, 0.5) is 0 Å². The highest BCUT2D eigenvalue weighted by Crippen LogP contribution is 2.65. The lowest BCUT2D eigenvalue weighted by molar-refractivity contribution is 0.124. The lowest BCUT2D eigenvalue weighted by Crippen LogP contribution is -2.38. The molecule has 0 aliphatic heterocycles. The summed E-state index contributed by atoms with van der Waals surface area (Å²) in [5.41, 5.74) is 0. The Kier molecular flexibility index (Phi) is 14.1. The van der Waals surface area contributed by atoms with Crippen LogP contribution in [0, 0.1) is 0 Å². The van der Waals surface area contributed by atoms with Crippen molar-refractivity contribution in [1.29, 1.82) is 0 Å². The standard InChI is InChI=1S/C19H56N12OP4/c1-23(2)34(24(3)4,25(5)6)20-19(32-33,21-35(26(7)8,27(9)10)28(11)12)22-36(29(13)14,30(15)16)31(17)18/h33H2,1-18H3. The molecule has 0 spiro atoms. The summed E-state index contributed by atoms with van der Waals surface area (Å²) in [4.78, 5) is 0. The summed E-state index contributed by atoms with van der Waals surface area (Å²) in [5.74, 6) is -1.56. The Bertz CT molecular complexity index is 676. The summed E-state index contributed by atoms with van der Waals surface area (Å²) >= 11 is 0. The van der Waals surface area contributed by atoms with Gasteiger partial charge in [-0.15, -0.1) is 0 Å². The first kappa shape index (κ1) is 36.7. The van der Waals surface area contributed by atoms with Crippen molar-refractivity contribution < 1.29 is 4.52 Å². The van der Waals surface area contributed by atoms with Crippen LogP contribution in [0.5, 0.6) is 0 Å². The summed E-state index contributed by atoms with van der Waals surface area (Å²) in [7, 11) is 31.8. The fraction of sp³-hybridized carbons (Fsp3) is 1.00. The summed E-state index contributed by atoms with van der Waals surface area (Å²) in [6.45, 7) is 0. The Labute approximate surface area is 225 Å². The molecule has 0 saturated heterocycles. The minimum absolute atomic E-state index is 1.56. The van der Waals surface area contributed by atoms with E-state index < -0.39 is 28.5 Å². The van der Waals surface area contributed by atoms with Crippen LogP contribution in [0.15, 0.2) is 14.2 Å². The molecule has 0 bridgehead atoms. The molecule has 0 saturated carbocycles. The third-order valence-corrected chi connectivity index (χ3v) is 17.3. The monoisotopic (exact) mass is 592 g/mol. The SMILES string of the molecule is CN(C)P(=NC(N=P(N(C)C)(N(C)C)N(C)C)(N=P(N(C)C)(N(C)C)N(C)C)OP)(N(C)C)N(C)C. The molecule has 0 heterocycles. The van der Waals surface area contributed by atoms with Crippen molar-refractivity contribution in [1.82, 2.24) is 42.0 Å². The summed E-state index contributed by atoms with van der Waals surface area (Å²) in [6.07, 6.45) is 0. The van der Waals surface area contributed by atoms with Crippen LogP contribution in [0.1, 0.15) is 0 Å². The van der Waals surface area contributed by atoms with E-state index in [4.69, 9.17) is 18.8 Å². The first-order valence-electron chi connectivity index (χ1n) is 11.6. The van der Waals surface area contributed by atoms with Crippen LogP contribution < -0.4 is 0 Å². The van der Waals surface area contributed by atoms with Gasteiger partial charge in [-0.2, -0.15) is 14.2 Å². The summed E-state index contributed by atoms with van der Waals surface area (Å²) in [5, 5.41) is 0. The number of nitrogens with zero attached hydrogens (tertiary/aromatic N) is 12. The Morgan fingerprint density at radius 1 is 0.389 bits per heavy atom. The minimum Gasteiger partial charge on any atom is -0.300 e. The van der Waals surface area contributed by atoms with Crippen LogP contribution in [-0.2, 0) is 4.52 Å². The molecule has 0 fully saturated rings. The third kappa shape index (κ3) is 6.89. The smallest absolute Gasteiger partial charge is 0.300 e. The van der Waals surface area contributed by atoms with Gasteiger partial charge in [0.2, 0.25) is 0 Å². The van der Waals surface area contributed by atoms with Gasteiger partial charge in [-0.25, -0.2) is 0 Å². The molecule has 1 atom stereocenters. The summed E-state index contributed by atoms with van der Waals surface area (Å²) < 4.78 is 42.3. The normalized spacial score (nSPS) is 14.7. The Hall–Kier alpha value is 0.720. The molecule has 218 valence electrons. The van der Waals surface area contributed by atoms with E-state index in [1.165, 1.54) is 0 Å². The molecule has 0 N–H and O–H groups in total. The van der Waals surface area contributed by atoms with Gasteiger partial charge in [0.25, 0.3) is 0 Å². The predicted molar refractivity (Wildman–Crippen MR) is 165 cm³/mol.